The van der Waals surface area contributed by atoms with E-state index in [9.17, 15) is 4.79 Å². The lowest BCUT2D eigenvalue weighted by Crippen LogP contribution is -2.18. The molecule has 0 unspecified atom stereocenters. The van der Waals surface area contributed by atoms with Crippen molar-refractivity contribution >= 4 is 11.6 Å². The normalized spacial score (nSPS) is 15.0. The Morgan fingerprint density at radius 2 is 2.05 bits per heavy atom. The minimum Gasteiger partial charge on any atom is -0.479 e. The van der Waals surface area contributed by atoms with Gasteiger partial charge in [0.1, 0.15) is 0 Å². The van der Waals surface area contributed by atoms with E-state index in [1.807, 2.05) is 24.3 Å². The van der Waals surface area contributed by atoms with E-state index in [1.54, 1.807) is 0 Å². The molecule has 0 aliphatic carbocycles. The molecule has 1 aromatic carbocycles. The summed E-state index contributed by atoms with van der Waals surface area (Å²) in [6.45, 7) is 3.31. The lowest BCUT2D eigenvalue weighted by molar-refractivity contribution is 0.0987. The summed E-state index contributed by atoms with van der Waals surface area (Å²) in [5, 5.41) is 6.38. The van der Waals surface area contributed by atoms with E-state index in [-0.39, 0.29) is 17.5 Å². The number of benzene rings is 1. The fourth-order valence-corrected chi connectivity index (χ4v) is 2.55. The van der Waals surface area contributed by atoms with Gasteiger partial charge in [-0.2, -0.15) is 0 Å². The van der Waals surface area contributed by atoms with E-state index in [4.69, 9.17) is 9.26 Å². The molecule has 0 atom stereocenters. The number of anilines is 1. The first kappa shape index (κ1) is 14.6. The Hall–Kier alpha value is -2.34. The molecule has 116 valence electrons. The maximum atomic E-state index is 12.0. The second kappa shape index (κ2) is 6.62. The Labute approximate surface area is 129 Å². The third-order valence-corrected chi connectivity index (χ3v) is 3.74. The van der Waals surface area contributed by atoms with Crippen molar-refractivity contribution in [1.82, 2.24) is 10.1 Å². The first-order valence-corrected chi connectivity index (χ1v) is 7.38. The molecular weight excluding hydrogens is 282 g/mol. The van der Waals surface area contributed by atoms with Gasteiger partial charge in [0.05, 0.1) is 13.2 Å². The number of carbonyl (C=O) groups excluding carboxylic acids is 1. The number of aromatic nitrogens is 1. The van der Waals surface area contributed by atoms with Crippen molar-refractivity contribution in [3.63, 3.8) is 0 Å². The summed E-state index contributed by atoms with van der Waals surface area (Å²) in [7, 11) is 1.47. The molecule has 0 bridgehead atoms. The van der Waals surface area contributed by atoms with E-state index < -0.39 is 0 Å². The van der Waals surface area contributed by atoms with Gasteiger partial charge in [-0.1, -0.05) is 12.1 Å². The number of ether oxygens (including phenoxy) is 1. The quantitative estimate of drug-likeness (QED) is 0.919. The summed E-state index contributed by atoms with van der Waals surface area (Å²) in [6.07, 6.45) is 2.57. The number of carbonyl (C=O) groups is 1. The van der Waals surface area contributed by atoms with E-state index >= 15 is 0 Å². The zero-order valence-corrected chi connectivity index (χ0v) is 12.5. The first-order valence-electron chi connectivity index (χ1n) is 7.38. The maximum Gasteiger partial charge on any atom is 0.294 e. The molecular formula is C16H19N3O3. The standard InChI is InChI=1S/C16H19N3O3/c1-21-15-10-14(22-18-15)16(20)17-13-6-4-12(5-7-13)11-19-8-2-3-9-19/h4-7,10H,2-3,8-9,11H2,1H3,(H,17,20). The molecule has 6 nitrogen and oxygen atoms in total. The van der Waals surface area contributed by atoms with Gasteiger partial charge in [0.2, 0.25) is 5.76 Å². The van der Waals surface area contributed by atoms with Crippen LogP contribution in [0.25, 0.3) is 0 Å². The number of hydrogen-bond donors (Lipinski definition) is 1. The van der Waals surface area contributed by atoms with E-state index in [0.29, 0.717) is 0 Å². The SMILES string of the molecule is COc1cc(C(=O)Nc2ccc(CN3CCCC3)cc2)on1. The number of rotatable bonds is 5. The van der Waals surface area contributed by atoms with Gasteiger partial charge in [-0.3, -0.25) is 9.69 Å². The molecule has 1 aromatic heterocycles. The topological polar surface area (TPSA) is 67.6 Å². The van der Waals surface area contributed by atoms with Crippen molar-refractivity contribution in [1.29, 1.82) is 0 Å². The van der Waals surface area contributed by atoms with Crippen LogP contribution in [0.15, 0.2) is 34.9 Å². The smallest absolute Gasteiger partial charge is 0.294 e. The third kappa shape index (κ3) is 3.46. The Morgan fingerprint density at radius 3 is 2.68 bits per heavy atom. The fourth-order valence-electron chi connectivity index (χ4n) is 2.55. The van der Waals surface area contributed by atoms with Crippen molar-refractivity contribution in [3.8, 4) is 5.88 Å². The average molecular weight is 301 g/mol. The molecule has 1 aliphatic rings. The van der Waals surface area contributed by atoms with Gasteiger partial charge < -0.3 is 14.6 Å². The summed E-state index contributed by atoms with van der Waals surface area (Å²) >= 11 is 0. The molecule has 1 N–H and O–H groups in total. The van der Waals surface area contributed by atoms with Gasteiger partial charge >= 0.3 is 0 Å². The monoisotopic (exact) mass is 301 g/mol. The number of hydrogen-bond acceptors (Lipinski definition) is 5. The van der Waals surface area contributed by atoms with Gasteiger partial charge in [-0.05, 0) is 48.8 Å². The van der Waals surface area contributed by atoms with Crippen LogP contribution >= 0.6 is 0 Å². The minimum atomic E-state index is -0.344. The molecule has 22 heavy (non-hydrogen) atoms. The number of methoxy groups -OCH3 is 1. The van der Waals surface area contributed by atoms with Crippen LogP contribution in [0.5, 0.6) is 5.88 Å². The summed E-state index contributed by atoms with van der Waals surface area (Å²) in [4.78, 5) is 14.4. The van der Waals surface area contributed by atoms with Crippen LogP contribution < -0.4 is 10.1 Å². The highest BCUT2D eigenvalue weighted by Crippen LogP contribution is 2.17. The number of likely N-dealkylation sites (tertiary alicyclic amines) is 1. The number of nitrogens with zero attached hydrogens (tertiary/aromatic N) is 2. The minimum absolute atomic E-state index is 0.123. The highest BCUT2D eigenvalue weighted by atomic mass is 16.5. The van der Waals surface area contributed by atoms with Crippen molar-refractivity contribution in [3.05, 3.63) is 41.7 Å². The molecule has 3 rings (SSSR count). The molecule has 1 saturated heterocycles. The van der Waals surface area contributed by atoms with Gasteiger partial charge in [0.15, 0.2) is 0 Å². The molecule has 6 heteroatoms. The number of amides is 1. The summed E-state index contributed by atoms with van der Waals surface area (Å²) in [5.41, 5.74) is 1.98. The lowest BCUT2D eigenvalue weighted by atomic mass is 10.2. The van der Waals surface area contributed by atoms with Crippen LogP contribution in [0.2, 0.25) is 0 Å². The molecule has 1 aliphatic heterocycles. The Morgan fingerprint density at radius 1 is 1.32 bits per heavy atom. The van der Waals surface area contributed by atoms with Crippen molar-refractivity contribution in [2.75, 3.05) is 25.5 Å². The molecule has 0 spiro atoms. The van der Waals surface area contributed by atoms with Gasteiger partial charge in [0.25, 0.3) is 11.8 Å². The Balaban J connectivity index is 1.59. The van der Waals surface area contributed by atoms with Gasteiger partial charge in [0, 0.05) is 12.2 Å². The first-order chi connectivity index (χ1) is 10.7. The second-order valence-electron chi connectivity index (χ2n) is 5.37. The lowest BCUT2D eigenvalue weighted by Gasteiger charge is -2.14. The summed E-state index contributed by atoms with van der Waals surface area (Å²) in [5.74, 6) is 0.0622. The molecule has 1 fully saturated rings. The average Bonchev–Trinajstić information content (AvgIpc) is 3.20. The summed E-state index contributed by atoms with van der Waals surface area (Å²) in [6, 6.07) is 9.33. The van der Waals surface area contributed by atoms with Crippen molar-refractivity contribution in [2.24, 2.45) is 0 Å². The highest BCUT2D eigenvalue weighted by Gasteiger charge is 2.14. The maximum absolute atomic E-state index is 12.0. The molecule has 0 saturated carbocycles. The molecule has 1 amide bonds. The predicted molar refractivity (Wildman–Crippen MR) is 82.0 cm³/mol. The van der Waals surface area contributed by atoms with Crippen LogP contribution in [-0.4, -0.2) is 36.2 Å². The highest BCUT2D eigenvalue weighted by molar-refractivity contribution is 6.02. The Bertz CT molecular complexity index is 630. The van der Waals surface area contributed by atoms with Crippen molar-refractivity contribution < 1.29 is 14.1 Å². The summed E-state index contributed by atoms with van der Waals surface area (Å²) < 4.78 is 9.79. The number of nitrogens with one attached hydrogen (secondary N) is 1. The van der Waals surface area contributed by atoms with Crippen LogP contribution in [-0.2, 0) is 6.54 Å². The molecule has 0 radical (unpaired) electrons. The van der Waals surface area contributed by atoms with E-state index in [0.717, 1.165) is 12.2 Å². The zero-order valence-electron chi connectivity index (χ0n) is 12.5. The van der Waals surface area contributed by atoms with Crippen LogP contribution in [0.1, 0.15) is 29.0 Å². The second-order valence-corrected chi connectivity index (χ2v) is 5.37. The fraction of sp³-hybridized carbons (Fsp3) is 0.375. The van der Waals surface area contributed by atoms with Crippen LogP contribution in [0, 0.1) is 0 Å². The van der Waals surface area contributed by atoms with Crippen molar-refractivity contribution in [2.45, 2.75) is 19.4 Å². The third-order valence-electron chi connectivity index (χ3n) is 3.74. The van der Waals surface area contributed by atoms with Gasteiger partial charge in [-0.25, -0.2) is 0 Å². The van der Waals surface area contributed by atoms with Crippen LogP contribution in [0.4, 0.5) is 5.69 Å². The molecule has 2 aromatic rings. The van der Waals surface area contributed by atoms with E-state index in [2.05, 4.69) is 15.4 Å². The molecule has 2 heterocycles. The predicted octanol–water partition coefficient (Wildman–Crippen LogP) is 2.53. The van der Waals surface area contributed by atoms with Gasteiger partial charge in [-0.15, -0.1) is 0 Å². The largest absolute Gasteiger partial charge is 0.479 e. The van der Waals surface area contributed by atoms with E-state index in [1.165, 1.54) is 44.7 Å². The Kier molecular flexibility index (Phi) is 4.39. The van der Waals surface area contributed by atoms with Crippen LogP contribution in [0.3, 0.4) is 0 Å². The zero-order chi connectivity index (χ0) is 15.4.